The summed E-state index contributed by atoms with van der Waals surface area (Å²) in [4.78, 5) is 4.35. The van der Waals surface area contributed by atoms with E-state index < -0.39 is 0 Å². The number of rotatable bonds is 1. The Balaban J connectivity index is 2.03. The molecule has 0 aliphatic rings. The van der Waals surface area contributed by atoms with Gasteiger partial charge in [0.2, 0.25) is 5.96 Å². The number of benzene rings is 2. The Bertz CT molecular complexity index is 740. The first-order valence-electron chi connectivity index (χ1n) is 5.96. The predicted molar refractivity (Wildman–Crippen MR) is 75.4 cm³/mol. The zero-order valence-electron chi connectivity index (χ0n) is 10.5. The normalized spacial score (nSPS) is 11.9. The van der Waals surface area contributed by atoms with Gasteiger partial charge in [-0.15, -0.1) is 5.10 Å². The summed E-state index contributed by atoms with van der Waals surface area (Å²) in [5, 5.41) is 8.07. The highest BCUT2D eigenvalue weighted by Crippen LogP contribution is 2.14. The smallest absolute Gasteiger partial charge is 0.223 e. The van der Waals surface area contributed by atoms with Crippen LogP contribution in [0.3, 0.4) is 0 Å². The van der Waals surface area contributed by atoms with Gasteiger partial charge < -0.3 is 5.73 Å². The molecule has 3 aromatic rings. The van der Waals surface area contributed by atoms with Gasteiger partial charge in [0.1, 0.15) is 5.52 Å². The minimum atomic E-state index is 0.303. The highest BCUT2D eigenvalue weighted by molar-refractivity contribution is 5.91. The van der Waals surface area contributed by atoms with E-state index >= 15 is 0 Å². The summed E-state index contributed by atoms with van der Waals surface area (Å²) in [5.74, 6) is 0.303. The van der Waals surface area contributed by atoms with Crippen molar-refractivity contribution in [2.45, 2.75) is 6.92 Å². The zero-order valence-corrected chi connectivity index (χ0v) is 10.5. The first-order chi connectivity index (χ1) is 9.24. The van der Waals surface area contributed by atoms with Gasteiger partial charge >= 0.3 is 0 Å². The number of fused-ring (bicyclic) bond motifs is 1. The Morgan fingerprint density at radius 2 is 1.84 bits per heavy atom. The van der Waals surface area contributed by atoms with Crippen molar-refractivity contribution in [1.29, 1.82) is 0 Å². The molecule has 1 aromatic heterocycles. The fourth-order valence-electron chi connectivity index (χ4n) is 1.84. The number of nitrogens with zero attached hydrogens (tertiary/aromatic N) is 4. The van der Waals surface area contributed by atoms with Gasteiger partial charge in [0.05, 0.1) is 11.2 Å². The quantitative estimate of drug-likeness (QED) is 0.532. The second-order valence-corrected chi connectivity index (χ2v) is 4.30. The second-order valence-electron chi connectivity index (χ2n) is 4.30. The number of para-hydroxylation sites is 1. The Labute approximate surface area is 110 Å². The SMILES string of the molecule is Cc1ccc(N=C(N)n2nnc3ccccc32)cc1. The van der Waals surface area contributed by atoms with Crippen molar-refractivity contribution in [2.24, 2.45) is 10.7 Å². The number of nitrogens with two attached hydrogens (primary N) is 1. The molecule has 0 fully saturated rings. The molecular weight excluding hydrogens is 238 g/mol. The standard InChI is InChI=1S/C14H13N5/c1-10-6-8-11(9-7-10)16-14(15)19-13-5-3-2-4-12(13)17-18-19/h2-9H,1H3,(H2,15,16). The first-order valence-corrected chi connectivity index (χ1v) is 5.96. The molecule has 0 saturated carbocycles. The molecule has 5 nitrogen and oxygen atoms in total. The molecule has 0 saturated heterocycles. The molecule has 1 heterocycles. The van der Waals surface area contributed by atoms with E-state index in [0.29, 0.717) is 5.96 Å². The summed E-state index contributed by atoms with van der Waals surface area (Å²) < 4.78 is 1.54. The first kappa shape index (κ1) is 11.4. The van der Waals surface area contributed by atoms with E-state index in [9.17, 15) is 0 Å². The van der Waals surface area contributed by atoms with E-state index in [4.69, 9.17) is 5.73 Å². The molecule has 19 heavy (non-hydrogen) atoms. The van der Waals surface area contributed by atoms with Crippen LogP contribution in [0.25, 0.3) is 11.0 Å². The van der Waals surface area contributed by atoms with Gasteiger partial charge in [0, 0.05) is 0 Å². The predicted octanol–water partition coefficient (Wildman–Crippen LogP) is 2.23. The van der Waals surface area contributed by atoms with E-state index in [2.05, 4.69) is 15.3 Å². The van der Waals surface area contributed by atoms with Crippen LogP contribution in [0, 0.1) is 6.92 Å². The summed E-state index contributed by atoms with van der Waals surface area (Å²) in [5.41, 5.74) is 9.60. The van der Waals surface area contributed by atoms with Gasteiger partial charge in [-0.25, -0.2) is 4.99 Å². The van der Waals surface area contributed by atoms with Gasteiger partial charge in [0.25, 0.3) is 0 Å². The maximum atomic E-state index is 5.99. The fourth-order valence-corrected chi connectivity index (χ4v) is 1.84. The topological polar surface area (TPSA) is 69.1 Å². The van der Waals surface area contributed by atoms with Crippen LogP contribution >= 0.6 is 0 Å². The van der Waals surface area contributed by atoms with Crippen molar-refractivity contribution >= 4 is 22.7 Å². The minimum Gasteiger partial charge on any atom is -0.368 e. The summed E-state index contributed by atoms with van der Waals surface area (Å²) in [6.07, 6.45) is 0. The summed E-state index contributed by atoms with van der Waals surface area (Å²) in [6.45, 7) is 2.03. The fraction of sp³-hybridized carbons (Fsp3) is 0.0714. The second kappa shape index (κ2) is 4.53. The van der Waals surface area contributed by atoms with Crippen LogP contribution < -0.4 is 5.73 Å². The Morgan fingerprint density at radius 3 is 2.63 bits per heavy atom. The summed E-state index contributed by atoms with van der Waals surface area (Å²) >= 11 is 0. The highest BCUT2D eigenvalue weighted by atomic mass is 15.5. The van der Waals surface area contributed by atoms with Crippen molar-refractivity contribution in [3.63, 3.8) is 0 Å². The van der Waals surface area contributed by atoms with Gasteiger partial charge in [-0.2, -0.15) is 4.68 Å². The lowest BCUT2D eigenvalue weighted by molar-refractivity contribution is 0.853. The van der Waals surface area contributed by atoms with Crippen LogP contribution in [0.5, 0.6) is 0 Å². The highest BCUT2D eigenvalue weighted by Gasteiger charge is 2.06. The van der Waals surface area contributed by atoms with Crippen LogP contribution in [0.1, 0.15) is 5.56 Å². The third-order valence-corrected chi connectivity index (χ3v) is 2.85. The van der Waals surface area contributed by atoms with E-state index in [0.717, 1.165) is 16.7 Å². The van der Waals surface area contributed by atoms with E-state index in [1.165, 1.54) is 10.2 Å². The van der Waals surface area contributed by atoms with Gasteiger partial charge in [-0.1, -0.05) is 35.0 Å². The largest absolute Gasteiger partial charge is 0.368 e. The summed E-state index contributed by atoms with van der Waals surface area (Å²) in [7, 11) is 0. The van der Waals surface area contributed by atoms with Crippen LogP contribution in [0.2, 0.25) is 0 Å². The molecule has 3 rings (SSSR count). The molecule has 0 bridgehead atoms. The molecule has 0 aliphatic carbocycles. The number of hydrogen-bond donors (Lipinski definition) is 1. The van der Waals surface area contributed by atoms with Crippen molar-refractivity contribution < 1.29 is 0 Å². The van der Waals surface area contributed by atoms with Crippen LogP contribution in [0.15, 0.2) is 53.5 Å². The van der Waals surface area contributed by atoms with Crippen molar-refractivity contribution in [3.05, 3.63) is 54.1 Å². The molecule has 2 N–H and O–H groups in total. The lowest BCUT2D eigenvalue weighted by Gasteiger charge is -2.01. The molecular formula is C14H13N5. The molecule has 2 aromatic carbocycles. The van der Waals surface area contributed by atoms with Gasteiger partial charge in [-0.3, -0.25) is 0 Å². The van der Waals surface area contributed by atoms with E-state index in [-0.39, 0.29) is 0 Å². The van der Waals surface area contributed by atoms with E-state index in [1.54, 1.807) is 0 Å². The van der Waals surface area contributed by atoms with Crippen molar-refractivity contribution in [1.82, 2.24) is 15.0 Å². The zero-order chi connectivity index (χ0) is 13.2. The molecule has 0 unspecified atom stereocenters. The van der Waals surface area contributed by atoms with Crippen LogP contribution in [0.4, 0.5) is 5.69 Å². The lowest BCUT2D eigenvalue weighted by atomic mass is 10.2. The monoisotopic (exact) mass is 251 g/mol. The van der Waals surface area contributed by atoms with Crippen LogP contribution in [-0.2, 0) is 0 Å². The molecule has 0 atom stereocenters. The molecule has 0 radical (unpaired) electrons. The van der Waals surface area contributed by atoms with Crippen molar-refractivity contribution in [3.8, 4) is 0 Å². The maximum absolute atomic E-state index is 5.99. The lowest BCUT2D eigenvalue weighted by Crippen LogP contribution is -2.23. The van der Waals surface area contributed by atoms with Gasteiger partial charge in [-0.05, 0) is 31.2 Å². The Hall–Kier alpha value is -2.69. The van der Waals surface area contributed by atoms with Crippen molar-refractivity contribution in [2.75, 3.05) is 0 Å². The maximum Gasteiger partial charge on any atom is 0.223 e. The minimum absolute atomic E-state index is 0.303. The number of aliphatic imine (C=N–C) groups is 1. The van der Waals surface area contributed by atoms with Gasteiger partial charge in [0.15, 0.2) is 0 Å². The summed E-state index contributed by atoms with van der Waals surface area (Å²) in [6, 6.07) is 15.4. The Morgan fingerprint density at radius 1 is 1.11 bits per heavy atom. The third-order valence-electron chi connectivity index (χ3n) is 2.85. The number of aryl methyl sites for hydroxylation is 1. The number of aromatic nitrogens is 3. The average Bonchev–Trinajstić information content (AvgIpc) is 2.85. The Kier molecular flexibility index (Phi) is 2.72. The molecule has 0 amide bonds. The van der Waals surface area contributed by atoms with E-state index in [1.807, 2.05) is 55.5 Å². The molecule has 0 spiro atoms. The molecule has 94 valence electrons. The average molecular weight is 251 g/mol. The number of hydrogen-bond acceptors (Lipinski definition) is 3. The third kappa shape index (κ3) is 2.18. The molecule has 5 heteroatoms. The molecule has 0 aliphatic heterocycles. The van der Waals surface area contributed by atoms with Crippen LogP contribution in [-0.4, -0.2) is 21.0 Å².